The maximum absolute atomic E-state index is 13.3. The average molecular weight is 464 g/mol. The zero-order valence-electron chi connectivity index (χ0n) is 18.3. The Balaban J connectivity index is 1.64. The number of piperidine rings is 1. The second-order valence-corrected chi connectivity index (χ2v) is 10.8. The van der Waals surface area contributed by atoms with Gasteiger partial charge in [-0.1, -0.05) is 37.2 Å². The van der Waals surface area contributed by atoms with Gasteiger partial charge in [0, 0.05) is 24.7 Å². The van der Waals surface area contributed by atoms with E-state index in [2.05, 4.69) is 13.8 Å². The fraction of sp³-hybridized carbons (Fsp3) is 0.609. The Morgan fingerprint density at radius 3 is 2.74 bits per heavy atom. The minimum absolute atomic E-state index is 0.00148. The lowest BCUT2D eigenvalue weighted by atomic mass is 9.92. The van der Waals surface area contributed by atoms with Crippen LogP contribution in [-0.2, 0) is 16.1 Å². The summed E-state index contributed by atoms with van der Waals surface area (Å²) >= 11 is 7.50. The summed E-state index contributed by atoms with van der Waals surface area (Å²) < 4.78 is 7.46. The number of hydrogen-bond acceptors (Lipinski definition) is 5. The molecule has 1 aromatic heterocycles. The molecular weight excluding hydrogens is 434 g/mol. The number of hydrogen-bond donors (Lipinski definition) is 0. The first kappa shape index (κ1) is 22.6. The molecule has 0 aliphatic carbocycles. The van der Waals surface area contributed by atoms with E-state index in [9.17, 15) is 9.59 Å². The number of thioether (sulfide) groups is 1. The monoisotopic (exact) mass is 463 g/mol. The maximum atomic E-state index is 13.3. The van der Waals surface area contributed by atoms with Crippen molar-refractivity contribution in [3.05, 3.63) is 33.6 Å². The molecule has 6 nitrogen and oxygen atoms in total. The number of benzene rings is 1. The molecule has 2 aromatic rings. The molecule has 1 aromatic carbocycles. The molecule has 0 spiro atoms. The Morgan fingerprint density at radius 1 is 1.32 bits per heavy atom. The van der Waals surface area contributed by atoms with Crippen molar-refractivity contribution < 1.29 is 9.53 Å². The summed E-state index contributed by atoms with van der Waals surface area (Å²) in [6.07, 6.45) is 3.07. The summed E-state index contributed by atoms with van der Waals surface area (Å²) in [7, 11) is 0. The van der Waals surface area contributed by atoms with Crippen molar-refractivity contribution in [1.29, 1.82) is 0 Å². The van der Waals surface area contributed by atoms with Gasteiger partial charge in [-0.15, -0.1) is 0 Å². The van der Waals surface area contributed by atoms with E-state index in [4.69, 9.17) is 21.3 Å². The number of fused-ring (bicyclic) bond motifs is 1. The van der Waals surface area contributed by atoms with Crippen LogP contribution in [0.2, 0.25) is 5.02 Å². The van der Waals surface area contributed by atoms with E-state index in [1.165, 1.54) is 11.8 Å². The zero-order valence-corrected chi connectivity index (χ0v) is 19.9. The van der Waals surface area contributed by atoms with Crippen LogP contribution in [0.1, 0.15) is 40.0 Å². The summed E-state index contributed by atoms with van der Waals surface area (Å²) in [4.78, 5) is 33.2. The predicted molar refractivity (Wildman–Crippen MR) is 125 cm³/mol. The van der Waals surface area contributed by atoms with E-state index in [0.717, 1.165) is 39.0 Å². The molecule has 168 valence electrons. The smallest absolute Gasteiger partial charge is 0.262 e. The number of nitrogens with zero attached hydrogens (tertiary/aromatic N) is 3. The fourth-order valence-corrected chi connectivity index (χ4v) is 5.89. The van der Waals surface area contributed by atoms with Crippen LogP contribution >= 0.6 is 23.4 Å². The van der Waals surface area contributed by atoms with Gasteiger partial charge in [-0.25, -0.2) is 4.98 Å². The molecule has 8 heteroatoms. The minimum Gasteiger partial charge on any atom is -0.376 e. The highest BCUT2D eigenvalue weighted by atomic mass is 35.5. The molecule has 0 saturated carbocycles. The topological polar surface area (TPSA) is 64.4 Å². The molecular formula is C23H30ClN3O3S. The summed E-state index contributed by atoms with van der Waals surface area (Å²) in [5, 5.41) is 1.28. The second kappa shape index (κ2) is 9.51. The van der Waals surface area contributed by atoms with Crippen LogP contribution < -0.4 is 5.56 Å². The molecule has 1 amide bonds. The maximum Gasteiger partial charge on any atom is 0.262 e. The number of amides is 1. The molecule has 0 unspecified atom stereocenters. The standard InChI is InChI=1S/C23H30ClN3O3S/c1-14-9-15(2)12-26(11-14)21(28)16(3)31-23-25-20-10-17(24)6-7-19(20)22(29)27(23)13-18-5-4-8-30-18/h6-7,10,14-16,18H,4-5,8-9,11-13H2,1-3H3/t14-,15+,16-,18-/m1/s1. The lowest BCUT2D eigenvalue weighted by Crippen LogP contribution is -2.45. The molecule has 2 aliphatic heterocycles. The molecule has 0 radical (unpaired) electrons. The molecule has 2 aliphatic rings. The first-order valence-electron chi connectivity index (χ1n) is 11.1. The van der Waals surface area contributed by atoms with Crippen LogP contribution in [0.15, 0.2) is 28.2 Å². The van der Waals surface area contributed by atoms with Crippen molar-refractivity contribution in [3.63, 3.8) is 0 Å². The number of rotatable bonds is 5. The van der Waals surface area contributed by atoms with E-state index in [1.54, 1.807) is 22.8 Å². The summed E-state index contributed by atoms with van der Waals surface area (Å²) in [6, 6.07) is 5.14. The second-order valence-electron chi connectivity index (χ2n) is 9.06. The first-order chi connectivity index (χ1) is 14.8. The number of carbonyl (C=O) groups excluding carboxylic acids is 1. The van der Waals surface area contributed by atoms with Gasteiger partial charge in [0.2, 0.25) is 5.91 Å². The van der Waals surface area contributed by atoms with Crippen LogP contribution in [0, 0.1) is 11.8 Å². The highest BCUT2D eigenvalue weighted by Gasteiger charge is 2.30. The number of aromatic nitrogens is 2. The molecule has 3 heterocycles. The molecule has 4 atom stereocenters. The molecule has 31 heavy (non-hydrogen) atoms. The number of carbonyl (C=O) groups is 1. The van der Waals surface area contributed by atoms with Crippen molar-refractivity contribution >= 4 is 40.2 Å². The SMILES string of the molecule is C[C@@H]1C[C@H](C)CN(C(=O)[C@@H](C)Sc2nc3cc(Cl)ccc3c(=O)n2C[C@H]2CCCO2)C1. The predicted octanol–water partition coefficient (Wildman–Crippen LogP) is 4.21. The Kier molecular flexibility index (Phi) is 6.94. The number of halogens is 1. The van der Waals surface area contributed by atoms with Gasteiger partial charge in [0.05, 0.1) is 28.8 Å². The fourth-order valence-electron chi connectivity index (χ4n) is 4.73. The van der Waals surface area contributed by atoms with Crippen LogP contribution in [0.25, 0.3) is 10.9 Å². The molecule has 2 saturated heterocycles. The summed E-state index contributed by atoms with van der Waals surface area (Å²) in [5.74, 6) is 1.11. The Labute approximate surface area is 192 Å². The van der Waals surface area contributed by atoms with E-state index < -0.39 is 0 Å². The molecule has 0 bridgehead atoms. The summed E-state index contributed by atoms with van der Waals surface area (Å²) in [5.41, 5.74) is 0.447. The average Bonchev–Trinajstić information content (AvgIpc) is 3.22. The third-order valence-corrected chi connectivity index (χ3v) is 7.42. The van der Waals surface area contributed by atoms with Crippen LogP contribution in [-0.4, -0.2) is 51.4 Å². The van der Waals surface area contributed by atoms with Gasteiger partial charge in [0.15, 0.2) is 5.16 Å². The Hall–Kier alpha value is -1.57. The Bertz CT molecular complexity index is 1010. The van der Waals surface area contributed by atoms with Crippen LogP contribution in [0.3, 0.4) is 0 Å². The van der Waals surface area contributed by atoms with E-state index in [0.29, 0.717) is 39.5 Å². The van der Waals surface area contributed by atoms with Crippen LogP contribution in [0.5, 0.6) is 0 Å². The van der Waals surface area contributed by atoms with Gasteiger partial charge in [-0.05, 0) is 56.2 Å². The van der Waals surface area contributed by atoms with Crippen molar-refractivity contribution in [2.24, 2.45) is 11.8 Å². The highest BCUT2D eigenvalue weighted by Crippen LogP contribution is 2.28. The van der Waals surface area contributed by atoms with Gasteiger partial charge in [-0.3, -0.25) is 14.2 Å². The van der Waals surface area contributed by atoms with E-state index in [1.807, 2.05) is 11.8 Å². The van der Waals surface area contributed by atoms with Crippen molar-refractivity contribution in [1.82, 2.24) is 14.5 Å². The van der Waals surface area contributed by atoms with Gasteiger partial charge < -0.3 is 9.64 Å². The highest BCUT2D eigenvalue weighted by molar-refractivity contribution is 8.00. The van der Waals surface area contributed by atoms with Gasteiger partial charge in [-0.2, -0.15) is 0 Å². The number of likely N-dealkylation sites (tertiary alicyclic amines) is 1. The lowest BCUT2D eigenvalue weighted by molar-refractivity contribution is -0.132. The molecule has 4 rings (SSSR count). The summed E-state index contributed by atoms with van der Waals surface area (Å²) in [6.45, 7) is 9.05. The van der Waals surface area contributed by atoms with Crippen molar-refractivity contribution in [2.75, 3.05) is 19.7 Å². The molecule has 2 fully saturated rings. The Morgan fingerprint density at radius 2 is 2.06 bits per heavy atom. The largest absolute Gasteiger partial charge is 0.376 e. The van der Waals surface area contributed by atoms with Crippen molar-refractivity contribution in [2.45, 2.75) is 63.1 Å². The zero-order chi connectivity index (χ0) is 22.1. The molecule has 0 N–H and O–H groups in total. The quantitative estimate of drug-likeness (QED) is 0.490. The van der Waals surface area contributed by atoms with E-state index >= 15 is 0 Å². The first-order valence-corrected chi connectivity index (χ1v) is 12.3. The lowest BCUT2D eigenvalue weighted by Gasteiger charge is -2.36. The third-order valence-electron chi connectivity index (χ3n) is 6.10. The third kappa shape index (κ3) is 5.10. The minimum atomic E-state index is -0.336. The normalized spacial score (nSPS) is 25.2. The van der Waals surface area contributed by atoms with Crippen molar-refractivity contribution in [3.8, 4) is 0 Å². The van der Waals surface area contributed by atoms with Crippen LogP contribution in [0.4, 0.5) is 0 Å². The van der Waals surface area contributed by atoms with Gasteiger partial charge in [0.1, 0.15) is 0 Å². The van der Waals surface area contributed by atoms with Gasteiger partial charge in [0.25, 0.3) is 5.56 Å². The number of ether oxygens (including phenoxy) is 1. The van der Waals surface area contributed by atoms with Gasteiger partial charge >= 0.3 is 0 Å². The van der Waals surface area contributed by atoms with E-state index in [-0.39, 0.29) is 22.8 Å².